The van der Waals surface area contributed by atoms with Crippen molar-refractivity contribution in [2.24, 2.45) is 0 Å². The summed E-state index contributed by atoms with van der Waals surface area (Å²) in [7, 11) is 0. The molecule has 1 aliphatic rings. The number of nitrogens with one attached hydrogen (secondary N) is 1. The van der Waals surface area contributed by atoms with Crippen LogP contribution in [0.15, 0.2) is 78.9 Å². The van der Waals surface area contributed by atoms with Crippen LogP contribution in [0.5, 0.6) is 5.75 Å². The molecule has 2 amide bonds. The first-order chi connectivity index (χ1) is 17.2. The SMILES string of the molecule is CCOc1ccccc1CCCNC(=O)c1ccc([C@H]2SCC(=O)N2CCc2ccccc2)cc1. The Bertz CT molecular complexity index is 1120. The van der Waals surface area contributed by atoms with Crippen LogP contribution in [-0.2, 0) is 17.6 Å². The molecule has 1 saturated heterocycles. The minimum absolute atomic E-state index is 0.00580. The largest absolute Gasteiger partial charge is 0.494 e. The summed E-state index contributed by atoms with van der Waals surface area (Å²) in [6, 6.07) is 25.9. The minimum atomic E-state index is -0.0780. The van der Waals surface area contributed by atoms with E-state index < -0.39 is 0 Å². The molecule has 3 aromatic carbocycles. The summed E-state index contributed by atoms with van der Waals surface area (Å²) in [5, 5.41) is 3.01. The van der Waals surface area contributed by atoms with Gasteiger partial charge in [0.25, 0.3) is 5.91 Å². The van der Waals surface area contributed by atoms with Crippen molar-refractivity contribution < 1.29 is 14.3 Å². The van der Waals surface area contributed by atoms with Gasteiger partial charge in [0, 0.05) is 18.7 Å². The van der Waals surface area contributed by atoms with Crippen LogP contribution in [0.3, 0.4) is 0 Å². The molecular formula is C29H32N2O3S. The molecule has 0 spiro atoms. The highest BCUT2D eigenvalue weighted by Crippen LogP contribution is 2.38. The quantitative estimate of drug-likeness (QED) is 0.374. The molecule has 4 rings (SSSR count). The number of aryl methyl sites for hydroxylation is 1. The Morgan fingerprint density at radius 3 is 2.51 bits per heavy atom. The van der Waals surface area contributed by atoms with E-state index in [-0.39, 0.29) is 17.2 Å². The summed E-state index contributed by atoms with van der Waals surface area (Å²) in [4.78, 5) is 27.1. The number of carbonyl (C=O) groups is 2. The third-order valence-corrected chi connectivity index (χ3v) is 7.35. The number of amides is 2. The number of ether oxygens (including phenoxy) is 1. The second-order valence-corrected chi connectivity index (χ2v) is 9.58. The second-order valence-electron chi connectivity index (χ2n) is 8.51. The number of carbonyl (C=O) groups excluding carboxylic acids is 2. The topological polar surface area (TPSA) is 58.6 Å². The van der Waals surface area contributed by atoms with Crippen LogP contribution in [0.4, 0.5) is 0 Å². The molecule has 182 valence electrons. The lowest BCUT2D eigenvalue weighted by atomic mass is 10.1. The molecule has 35 heavy (non-hydrogen) atoms. The van der Waals surface area contributed by atoms with Gasteiger partial charge in [-0.1, -0.05) is 60.7 Å². The predicted molar refractivity (Wildman–Crippen MR) is 142 cm³/mol. The van der Waals surface area contributed by atoms with Crippen LogP contribution in [0.2, 0.25) is 0 Å². The van der Waals surface area contributed by atoms with Crippen molar-refractivity contribution in [3.8, 4) is 5.75 Å². The fourth-order valence-electron chi connectivity index (χ4n) is 4.25. The van der Waals surface area contributed by atoms with Crippen LogP contribution in [0.25, 0.3) is 0 Å². The standard InChI is InChI=1S/C29H32N2O3S/c1-2-34-26-13-7-6-11-23(26)12-8-19-30-28(33)24-14-16-25(17-15-24)29-31(27(32)21-35-29)20-18-22-9-4-3-5-10-22/h3-7,9-11,13-17,29H,2,8,12,18-21H2,1H3,(H,30,33)/t29-/m1/s1. The summed E-state index contributed by atoms with van der Waals surface area (Å²) in [6.07, 6.45) is 2.52. The number of thioether (sulfide) groups is 1. The molecule has 0 bridgehead atoms. The van der Waals surface area contributed by atoms with Gasteiger partial charge >= 0.3 is 0 Å². The molecule has 6 heteroatoms. The van der Waals surface area contributed by atoms with E-state index in [1.54, 1.807) is 11.8 Å². The van der Waals surface area contributed by atoms with E-state index in [0.717, 1.165) is 36.1 Å². The second kappa shape index (κ2) is 12.5. The zero-order valence-corrected chi connectivity index (χ0v) is 20.9. The van der Waals surface area contributed by atoms with Crippen LogP contribution < -0.4 is 10.1 Å². The Morgan fingerprint density at radius 2 is 1.74 bits per heavy atom. The van der Waals surface area contributed by atoms with Crippen LogP contribution in [0, 0.1) is 0 Å². The van der Waals surface area contributed by atoms with Crippen molar-refractivity contribution in [3.63, 3.8) is 0 Å². The summed E-state index contributed by atoms with van der Waals surface area (Å²) in [5.41, 5.74) is 4.07. The average Bonchev–Trinajstić information content (AvgIpc) is 3.27. The van der Waals surface area contributed by atoms with Gasteiger partial charge < -0.3 is 15.0 Å². The molecule has 1 aliphatic heterocycles. The summed E-state index contributed by atoms with van der Waals surface area (Å²) >= 11 is 1.65. The highest BCUT2D eigenvalue weighted by atomic mass is 32.2. The monoisotopic (exact) mass is 488 g/mol. The van der Waals surface area contributed by atoms with E-state index in [2.05, 4.69) is 23.5 Å². The Balaban J connectivity index is 1.28. The first-order valence-electron chi connectivity index (χ1n) is 12.2. The maximum Gasteiger partial charge on any atom is 0.251 e. The van der Waals surface area contributed by atoms with E-state index >= 15 is 0 Å². The fraction of sp³-hybridized carbons (Fsp3) is 0.310. The predicted octanol–water partition coefficient (Wildman–Crippen LogP) is 5.26. The molecule has 1 heterocycles. The van der Waals surface area contributed by atoms with Crippen LogP contribution >= 0.6 is 11.8 Å². The lowest BCUT2D eigenvalue weighted by molar-refractivity contribution is -0.128. The third kappa shape index (κ3) is 6.67. The molecule has 5 nitrogen and oxygen atoms in total. The van der Waals surface area contributed by atoms with Gasteiger partial charge in [-0.05, 0) is 61.1 Å². The van der Waals surface area contributed by atoms with E-state index in [0.29, 0.717) is 31.0 Å². The first-order valence-corrected chi connectivity index (χ1v) is 13.2. The van der Waals surface area contributed by atoms with E-state index in [1.807, 2.05) is 72.5 Å². The normalized spacial score (nSPS) is 15.3. The van der Waals surface area contributed by atoms with E-state index in [4.69, 9.17) is 4.74 Å². The summed E-state index contributed by atoms with van der Waals surface area (Å²) in [6.45, 7) is 3.91. The highest BCUT2D eigenvalue weighted by molar-refractivity contribution is 8.00. The number of hydrogen-bond donors (Lipinski definition) is 1. The van der Waals surface area contributed by atoms with Gasteiger partial charge in [-0.3, -0.25) is 9.59 Å². The fourth-order valence-corrected chi connectivity index (χ4v) is 5.47. The van der Waals surface area contributed by atoms with Crippen molar-refractivity contribution in [3.05, 3.63) is 101 Å². The van der Waals surface area contributed by atoms with Crippen molar-refractivity contribution in [2.45, 2.75) is 31.6 Å². The van der Waals surface area contributed by atoms with Crippen LogP contribution in [0.1, 0.15) is 45.8 Å². The van der Waals surface area contributed by atoms with Crippen LogP contribution in [-0.4, -0.2) is 42.2 Å². The average molecular weight is 489 g/mol. The van der Waals surface area contributed by atoms with Gasteiger partial charge in [0.15, 0.2) is 0 Å². The number of rotatable bonds is 11. The van der Waals surface area contributed by atoms with Crippen molar-refractivity contribution >= 4 is 23.6 Å². The smallest absolute Gasteiger partial charge is 0.251 e. The molecule has 3 aromatic rings. The molecule has 0 saturated carbocycles. The van der Waals surface area contributed by atoms with Gasteiger partial charge in [0.1, 0.15) is 11.1 Å². The third-order valence-electron chi connectivity index (χ3n) is 6.09. The Morgan fingerprint density at radius 1 is 1.00 bits per heavy atom. The number of benzene rings is 3. The Hall–Kier alpha value is -3.25. The lowest BCUT2D eigenvalue weighted by Gasteiger charge is -2.24. The minimum Gasteiger partial charge on any atom is -0.494 e. The van der Waals surface area contributed by atoms with Crippen molar-refractivity contribution in [1.29, 1.82) is 0 Å². The molecule has 1 fully saturated rings. The zero-order chi connectivity index (χ0) is 24.5. The summed E-state index contributed by atoms with van der Waals surface area (Å²) in [5.74, 6) is 1.50. The Labute approximate surface area is 211 Å². The van der Waals surface area contributed by atoms with E-state index in [9.17, 15) is 9.59 Å². The molecule has 1 atom stereocenters. The lowest BCUT2D eigenvalue weighted by Crippen LogP contribution is -2.30. The maximum absolute atomic E-state index is 12.6. The van der Waals surface area contributed by atoms with Gasteiger partial charge in [-0.2, -0.15) is 0 Å². The first kappa shape index (κ1) is 24.9. The molecule has 1 N–H and O–H groups in total. The summed E-state index contributed by atoms with van der Waals surface area (Å²) < 4.78 is 5.68. The van der Waals surface area contributed by atoms with Gasteiger partial charge in [-0.15, -0.1) is 11.8 Å². The Kier molecular flexibility index (Phi) is 8.85. The zero-order valence-electron chi connectivity index (χ0n) is 20.1. The van der Waals surface area contributed by atoms with Gasteiger partial charge in [0.2, 0.25) is 5.91 Å². The highest BCUT2D eigenvalue weighted by Gasteiger charge is 2.32. The molecule has 0 unspecified atom stereocenters. The van der Waals surface area contributed by atoms with Gasteiger partial charge in [-0.25, -0.2) is 0 Å². The van der Waals surface area contributed by atoms with Crippen molar-refractivity contribution in [2.75, 3.05) is 25.4 Å². The molecule has 0 aromatic heterocycles. The molecule has 0 radical (unpaired) electrons. The molecule has 0 aliphatic carbocycles. The maximum atomic E-state index is 12.6. The number of hydrogen-bond acceptors (Lipinski definition) is 4. The van der Waals surface area contributed by atoms with Gasteiger partial charge in [0.05, 0.1) is 12.4 Å². The van der Waals surface area contributed by atoms with E-state index in [1.165, 1.54) is 5.56 Å². The number of nitrogens with zero attached hydrogens (tertiary/aromatic N) is 1. The molecular weight excluding hydrogens is 456 g/mol. The van der Waals surface area contributed by atoms with Crippen molar-refractivity contribution in [1.82, 2.24) is 10.2 Å². The number of para-hydroxylation sites is 1.